The Kier molecular flexibility index (Phi) is 10.5. The van der Waals surface area contributed by atoms with Crippen LogP contribution in [0.5, 0.6) is 23.0 Å². The monoisotopic (exact) mass is 457 g/mol. The fourth-order valence-corrected chi connectivity index (χ4v) is 4.23. The Morgan fingerprint density at radius 1 is 0.879 bits per heavy atom. The summed E-state index contributed by atoms with van der Waals surface area (Å²) in [5, 5.41) is 0. The molecule has 0 heterocycles. The Labute approximate surface area is 198 Å². The molecule has 0 aromatic heterocycles. The largest absolute Gasteiger partial charge is 0.493 e. The molecule has 0 radical (unpaired) electrons. The first-order valence-electron chi connectivity index (χ1n) is 11.5. The number of nitrogens with zero attached hydrogens (tertiary/aromatic N) is 1. The fourth-order valence-electron chi connectivity index (χ4n) is 4.23. The van der Waals surface area contributed by atoms with Crippen LogP contribution in [0.3, 0.4) is 0 Å². The topological polar surface area (TPSA) is 57.2 Å². The second-order valence-corrected chi connectivity index (χ2v) is 8.59. The number of ether oxygens (including phenoxy) is 4. The number of hydrogen-bond donors (Lipinski definition) is 0. The van der Waals surface area contributed by atoms with Gasteiger partial charge >= 0.3 is 0 Å². The van der Waals surface area contributed by atoms with E-state index < -0.39 is 0 Å². The van der Waals surface area contributed by atoms with E-state index in [1.165, 1.54) is 5.56 Å². The van der Waals surface area contributed by atoms with Crippen molar-refractivity contribution in [2.75, 3.05) is 48.6 Å². The maximum absolute atomic E-state index is 12.0. The number of aldehydes is 1. The average molecular weight is 458 g/mol. The number of hydrogen-bond acceptors (Lipinski definition) is 6. The molecule has 0 aliphatic carbocycles. The first-order chi connectivity index (χ1) is 15.9. The van der Waals surface area contributed by atoms with Crippen LogP contribution in [0.2, 0.25) is 0 Å². The zero-order valence-electron chi connectivity index (χ0n) is 21.1. The summed E-state index contributed by atoms with van der Waals surface area (Å²) in [7, 11) is 8.70. The summed E-state index contributed by atoms with van der Waals surface area (Å²) < 4.78 is 21.8. The van der Waals surface area contributed by atoms with Crippen molar-refractivity contribution < 1.29 is 23.7 Å². The van der Waals surface area contributed by atoms with E-state index in [1.54, 1.807) is 28.4 Å². The highest BCUT2D eigenvalue weighted by molar-refractivity contribution is 5.66. The first kappa shape index (κ1) is 26.5. The molecule has 0 amide bonds. The van der Waals surface area contributed by atoms with Gasteiger partial charge in [0.1, 0.15) is 6.29 Å². The Morgan fingerprint density at radius 3 is 2.12 bits per heavy atom. The van der Waals surface area contributed by atoms with Crippen LogP contribution in [-0.2, 0) is 11.2 Å². The van der Waals surface area contributed by atoms with Crippen LogP contribution in [0, 0.1) is 0 Å². The van der Waals surface area contributed by atoms with Crippen molar-refractivity contribution in [1.82, 2.24) is 4.90 Å². The van der Waals surface area contributed by atoms with Crippen molar-refractivity contribution in [3.8, 4) is 23.0 Å². The van der Waals surface area contributed by atoms with Gasteiger partial charge in [0.05, 0.1) is 28.4 Å². The molecule has 0 aliphatic heterocycles. The maximum atomic E-state index is 12.0. The van der Waals surface area contributed by atoms with Crippen molar-refractivity contribution in [2.24, 2.45) is 0 Å². The molecule has 2 aromatic rings. The van der Waals surface area contributed by atoms with Gasteiger partial charge in [-0.25, -0.2) is 0 Å². The average Bonchev–Trinajstić information content (AvgIpc) is 2.83. The predicted molar refractivity (Wildman–Crippen MR) is 132 cm³/mol. The molecule has 2 rings (SSSR count). The normalized spacial score (nSPS) is 12.0. The van der Waals surface area contributed by atoms with Crippen LogP contribution < -0.4 is 18.9 Å². The molecule has 0 aliphatic rings. The number of carbonyl (C=O) groups is 1. The van der Waals surface area contributed by atoms with Crippen LogP contribution >= 0.6 is 0 Å². The van der Waals surface area contributed by atoms with Gasteiger partial charge < -0.3 is 28.6 Å². The second kappa shape index (κ2) is 13.1. The molecule has 6 nitrogen and oxygen atoms in total. The molecule has 182 valence electrons. The molecular formula is C27H39NO5. The van der Waals surface area contributed by atoms with Crippen LogP contribution in [0.25, 0.3) is 0 Å². The fraction of sp³-hybridized carbons (Fsp3) is 0.519. The summed E-state index contributed by atoms with van der Waals surface area (Å²) in [6.07, 6.45) is 3.70. The van der Waals surface area contributed by atoms with Gasteiger partial charge in [-0.3, -0.25) is 0 Å². The van der Waals surface area contributed by atoms with Crippen LogP contribution in [0.15, 0.2) is 30.3 Å². The first-order valence-corrected chi connectivity index (χ1v) is 11.5. The standard InChI is InChI=1S/C27H39NO5/c1-19(2)26-22(11-13-24(31-5)27(26)33-7)21(18-29)9-8-15-28(3)16-14-20-10-12-23(30-4)25(17-20)32-6/h10-13,17-19,21H,8-9,14-16H2,1-7H3. The third-order valence-electron chi connectivity index (χ3n) is 6.04. The van der Waals surface area contributed by atoms with Gasteiger partial charge in [-0.05, 0) is 68.1 Å². The molecule has 0 saturated heterocycles. The van der Waals surface area contributed by atoms with E-state index in [-0.39, 0.29) is 11.8 Å². The quantitative estimate of drug-likeness (QED) is 0.369. The molecule has 1 unspecified atom stereocenters. The van der Waals surface area contributed by atoms with Crippen molar-refractivity contribution in [2.45, 2.75) is 44.9 Å². The lowest BCUT2D eigenvalue weighted by Gasteiger charge is -2.23. The van der Waals surface area contributed by atoms with Gasteiger partial charge in [-0.2, -0.15) is 0 Å². The molecule has 2 aromatic carbocycles. The molecule has 0 spiro atoms. The molecule has 6 heteroatoms. The molecule has 0 saturated carbocycles. The number of rotatable bonds is 14. The Balaban J connectivity index is 1.98. The minimum atomic E-state index is -0.165. The highest BCUT2D eigenvalue weighted by Crippen LogP contribution is 2.41. The molecule has 0 bridgehead atoms. The minimum Gasteiger partial charge on any atom is -0.493 e. The van der Waals surface area contributed by atoms with Gasteiger partial charge in [-0.1, -0.05) is 26.0 Å². The Morgan fingerprint density at radius 2 is 1.55 bits per heavy atom. The lowest BCUT2D eigenvalue weighted by molar-refractivity contribution is -0.109. The number of benzene rings is 2. The third-order valence-corrected chi connectivity index (χ3v) is 6.04. The van der Waals surface area contributed by atoms with E-state index in [0.29, 0.717) is 5.75 Å². The van der Waals surface area contributed by atoms with Crippen LogP contribution in [0.1, 0.15) is 55.2 Å². The third kappa shape index (κ3) is 6.87. The van der Waals surface area contributed by atoms with Crippen molar-refractivity contribution in [3.05, 3.63) is 47.0 Å². The van der Waals surface area contributed by atoms with Gasteiger partial charge in [0.15, 0.2) is 23.0 Å². The summed E-state index contributed by atoms with van der Waals surface area (Å²) in [4.78, 5) is 14.3. The van der Waals surface area contributed by atoms with E-state index in [1.807, 2.05) is 24.3 Å². The highest BCUT2D eigenvalue weighted by Gasteiger charge is 2.23. The van der Waals surface area contributed by atoms with E-state index >= 15 is 0 Å². The Bertz CT molecular complexity index is 896. The predicted octanol–water partition coefficient (Wildman–Crippen LogP) is 5.08. The zero-order chi connectivity index (χ0) is 24.4. The second-order valence-electron chi connectivity index (χ2n) is 8.59. The molecule has 1 atom stereocenters. The maximum Gasteiger partial charge on any atom is 0.164 e. The Hall–Kier alpha value is -2.73. The summed E-state index contributed by atoms with van der Waals surface area (Å²) >= 11 is 0. The SMILES string of the molecule is COc1ccc(CCN(C)CCCC(C=O)c2ccc(OC)c(OC)c2C(C)C)cc1OC. The lowest BCUT2D eigenvalue weighted by Crippen LogP contribution is -2.23. The highest BCUT2D eigenvalue weighted by atomic mass is 16.5. The smallest absolute Gasteiger partial charge is 0.164 e. The van der Waals surface area contributed by atoms with Gasteiger partial charge in [0.25, 0.3) is 0 Å². The zero-order valence-corrected chi connectivity index (χ0v) is 21.1. The van der Waals surface area contributed by atoms with Crippen molar-refractivity contribution in [3.63, 3.8) is 0 Å². The number of likely N-dealkylation sites (N-methyl/N-ethyl adjacent to an activating group) is 1. The van der Waals surface area contributed by atoms with Gasteiger partial charge in [0, 0.05) is 18.0 Å². The van der Waals surface area contributed by atoms with Gasteiger partial charge in [-0.15, -0.1) is 0 Å². The van der Waals surface area contributed by atoms with Crippen molar-refractivity contribution in [1.29, 1.82) is 0 Å². The van der Waals surface area contributed by atoms with Crippen molar-refractivity contribution >= 4 is 6.29 Å². The van der Waals surface area contributed by atoms with E-state index in [9.17, 15) is 4.79 Å². The minimum absolute atomic E-state index is 0.165. The van der Waals surface area contributed by atoms with Crippen LogP contribution in [-0.4, -0.2) is 59.8 Å². The molecule has 0 N–H and O–H groups in total. The number of carbonyl (C=O) groups excluding carboxylic acids is 1. The summed E-state index contributed by atoms with van der Waals surface area (Å²) in [5.74, 6) is 2.97. The summed E-state index contributed by atoms with van der Waals surface area (Å²) in [5.41, 5.74) is 3.29. The van der Waals surface area contributed by atoms with Gasteiger partial charge in [0.2, 0.25) is 0 Å². The van der Waals surface area contributed by atoms with E-state index in [2.05, 4.69) is 31.9 Å². The number of methoxy groups -OCH3 is 4. The molecule has 33 heavy (non-hydrogen) atoms. The molecular weight excluding hydrogens is 418 g/mol. The summed E-state index contributed by atoms with van der Waals surface area (Å²) in [6.45, 7) is 6.08. The molecule has 0 fully saturated rings. The van der Waals surface area contributed by atoms with E-state index in [0.717, 1.165) is 67.0 Å². The van der Waals surface area contributed by atoms with Crippen LogP contribution in [0.4, 0.5) is 0 Å². The lowest BCUT2D eigenvalue weighted by atomic mass is 9.86. The van der Waals surface area contributed by atoms with E-state index in [4.69, 9.17) is 18.9 Å². The summed E-state index contributed by atoms with van der Waals surface area (Å²) in [6, 6.07) is 9.95.